The fourth-order valence-electron chi connectivity index (χ4n) is 4.92. The van der Waals surface area contributed by atoms with Crippen LogP contribution in [0.1, 0.15) is 104 Å². The van der Waals surface area contributed by atoms with Crippen molar-refractivity contribution >= 4 is 5.91 Å². The molecule has 1 aliphatic rings. The summed E-state index contributed by atoms with van der Waals surface area (Å²) in [5, 5.41) is 63.9. The monoisotopic (exact) mass is 549 g/mol. The third-order valence-electron chi connectivity index (χ3n) is 7.58. The molecular weight excluding hydrogens is 494 g/mol. The van der Waals surface area contributed by atoms with E-state index >= 15 is 0 Å². The lowest BCUT2D eigenvalue weighted by atomic mass is 9.89. The highest BCUT2D eigenvalue weighted by molar-refractivity contribution is 5.81. The van der Waals surface area contributed by atoms with Gasteiger partial charge in [0.1, 0.15) is 24.4 Å². The topological polar surface area (TPSA) is 169 Å². The lowest BCUT2D eigenvalue weighted by Gasteiger charge is -2.43. The number of carbonyl (C=O) groups excluding carboxylic acids is 1. The molecule has 1 saturated heterocycles. The lowest BCUT2D eigenvalue weighted by molar-refractivity contribution is -0.314. The number of ether oxygens (including phenoxy) is 2. The van der Waals surface area contributed by atoms with E-state index in [0.717, 1.165) is 25.7 Å². The van der Waals surface area contributed by atoms with Crippen molar-refractivity contribution in [3.05, 3.63) is 0 Å². The zero-order chi connectivity index (χ0) is 28.5. The first-order chi connectivity index (χ1) is 18.2. The van der Waals surface area contributed by atoms with Gasteiger partial charge in [0.2, 0.25) is 0 Å². The fourth-order valence-corrected chi connectivity index (χ4v) is 4.92. The van der Waals surface area contributed by atoms with Gasteiger partial charge in [-0.25, -0.2) is 0 Å². The van der Waals surface area contributed by atoms with E-state index in [-0.39, 0.29) is 5.92 Å². The van der Waals surface area contributed by atoms with Crippen molar-refractivity contribution in [2.45, 2.75) is 153 Å². The second-order valence-electron chi connectivity index (χ2n) is 10.8. The molecule has 10 nitrogen and oxygen atoms in total. The van der Waals surface area contributed by atoms with E-state index in [2.05, 4.69) is 12.2 Å². The van der Waals surface area contributed by atoms with E-state index in [1.54, 1.807) is 6.92 Å². The number of rotatable bonds is 21. The van der Waals surface area contributed by atoms with Gasteiger partial charge in [0.15, 0.2) is 12.4 Å². The third kappa shape index (κ3) is 12.1. The highest BCUT2D eigenvalue weighted by Crippen LogP contribution is 2.30. The van der Waals surface area contributed by atoms with Crippen LogP contribution in [0, 0.1) is 5.92 Å². The summed E-state index contributed by atoms with van der Waals surface area (Å²) in [5.74, 6) is -1.21. The minimum Gasteiger partial charge on any atom is -0.394 e. The summed E-state index contributed by atoms with van der Waals surface area (Å²) in [7, 11) is 0. The Morgan fingerprint density at radius 1 is 0.868 bits per heavy atom. The quantitative estimate of drug-likeness (QED) is 0.105. The molecule has 0 aliphatic carbocycles. The number of nitrogens with one attached hydrogen (secondary N) is 1. The van der Waals surface area contributed by atoms with Crippen molar-refractivity contribution in [2.24, 2.45) is 5.92 Å². The summed E-state index contributed by atoms with van der Waals surface area (Å²) < 4.78 is 11.2. The molecule has 1 aliphatic heterocycles. The fraction of sp³-hybridized carbons (Fsp3) is 0.964. The first kappa shape index (κ1) is 35.2. The predicted octanol–water partition coefficient (Wildman–Crippen LogP) is 1.76. The Kier molecular flexibility index (Phi) is 18.6. The van der Waals surface area contributed by atoms with Gasteiger partial charge in [-0.2, -0.15) is 0 Å². The molecule has 1 fully saturated rings. The van der Waals surface area contributed by atoms with Gasteiger partial charge in [0, 0.05) is 12.5 Å². The van der Waals surface area contributed by atoms with Crippen LogP contribution in [0.3, 0.4) is 0 Å². The highest BCUT2D eigenvalue weighted by Gasteiger charge is 2.46. The van der Waals surface area contributed by atoms with Crippen LogP contribution in [0.5, 0.6) is 0 Å². The Labute approximate surface area is 228 Å². The van der Waals surface area contributed by atoms with Crippen LogP contribution in [-0.4, -0.2) is 98.7 Å². The summed E-state index contributed by atoms with van der Waals surface area (Å²) in [6, 6.07) is 0. The number of aliphatic hydroxyl groups is 6. The second-order valence-corrected chi connectivity index (χ2v) is 10.8. The maximum Gasteiger partial charge on any atom is 0.251 e. The average molecular weight is 550 g/mol. The maximum atomic E-state index is 12.4. The van der Waals surface area contributed by atoms with Crippen molar-refractivity contribution in [3.8, 4) is 0 Å². The Hall–Kier alpha value is -0.850. The summed E-state index contributed by atoms with van der Waals surface area (Å²) in [4.78, 5) is 12.4. The number of amides is 1. The van der Waals surface area contributed by atoms with Gasteiger partial charge in [-0.3, -0.25) is 4.79 Å². The molecular formula is C28H55NO9. The van der Waals surface area contributed by atoms with Gasteiger partial charge in [-0.15, -0.1) is 0 Å². The SMILES string of the molecule is CCCCCCCCCCCCCCNC(=O)[C@H](O)[C@@H](O)[C@H](O[C@@H]1OC(CC)[C@H](C)C(O)C1O)[C@H](O)CO. The van der Waals surface area contributed by atoms with Crippen LogP contribution < -0.4 is 5.32 Å². The number of carbonyl (C=O) groups is 1. The smallest absolute Gasteiger partial charge is 0.251 e. The van der Waals surface area contributed by atoms with Crippen molar-refractivity contribution in [1.82, 2.24) is 5.32 Å². The molecule has 0 aromatic carbocycles. The zero-order valence-corrected chi connectivity index (χ0v) is 23.7. The largest absolute Gasteiger partial charge is 0.394 e. The molecule has 0 bridgehead atoms. The van der Waals surface area contributed by atoms with E-state index in [0.29, 0.717) is 13.0 Å². The van der Waals surface area contributed by atoms with E-state index in [4.69, 9.17) is 9.47 Å². The molecule has 1 amide bonds. The molecule has 7 N–H and O–H groups in total. The number of aliphatic hydroxyl groups excluding tert-OH is 6. The zero-order valence-electron chi connectivity index (χ0n) is 23.7. The van der Waals surface area contributed by atoms with Crippen LogP contribution in [0.2, 0.25) is 0 Å². The molecule has 0 radical (unpaired) electrons. The number of hydrogen-bond donors (Lipinski definition) is 7. The maximum absolute atomic E-state index is 12.4. The molecule has 0 spiro atoms. The molecule has 0 aromatic rings. The molecule has 38 heavy (non-hydrogen) atoms. The molecule has 0 aromatic heterocycles. The van der Waals surface area contributed by atoms with Crippen LogP contribution in [0.25, 0.3) is 0 Å². The van der Waals surface area contributed by atoms with E-state index in [9.17, 15) is 35.4 Å². The second kappa shape index (κ2) is 20.1. The summed E-state index contributed by atoms with van der Waals surface area (Å²) in [6.07, 6.45) is 3.08. The normalized spacial score (nSPS) is 27.0. The standard InChI is InChI=1S/C28H55NO9/c1-4-6-7-8-9-10-11-12-13-14-15-16-17-29-27(36)24(34)23(33)26(20(31)18-30)38-28-25(35)22(32)19(3)21(5-2)37-28/h19-26,28,30-35H,4-18H2,1-3H3,(H,29,36)/t19-,20+,21?,22?,23+,24+,25?,26+,28-/m0/s1. The van der Waals surface area contributed by atoms with E-state index < -0.39 is 61.5 Å². The van der Waals surface area contributed by atoms with Gasteiger partial charge in [-0.05, 0) is 12.8 Å². The summed E-state index contributed by atoms with van der Waals surface area (Å²) in [6.45, 7) is 5.29. The summed E-state index contributed by atoms with van der Waals surface area (Å²) in [5.41, 5.74) is 0. The number of unbranched alkanes of at least 4 members (excludes halogenated alkanes) is 11. The Morgan fingerprint density at radius 3 is 1.89 bits per heavy atom. The van der Waals surface area contributed by atoms with Crippen molar-refractivity contribution < 1.29 is 44.9 Å². The third-order valence-corrected chi connectivity index (χ3v) is 7.58. The van der Waals surface area contributed by atoms with Crippen LogP contribution in [0.15, 0.2) is 0 Å². The molecule has 0 saturated carbocycles. The molecule has 1 rings (SSSR count). The molecule has 3 unspecified atom stereocenters. The van der Waals surface area contributed by atoms with E-state index in [1.165, 1.54) is 51.4 Å². The van der Waals surface area contributed by atoms with Gasteiger partial charge in [-0.1, -0.05) is 91.4 Å². The van der Waals surface area contributed by atoms with Gasteiger partial charge < -0.3 is 45.4 Å². The number of hydrogen-bond acceptors (Lipinski definition) is 9. The highest BCUT2D eigenvalue weighted by atomic mass is 16.7. The minimum absolute atomic E-state index is 0.334. The lowest BCUT2D eigenvalue weighted by Crippen LogP contribution is -2.59. The van der Waals surface area contributed by atoms with Gasteiger partial charge in [0.25, 0.3) is 5.91 Å². The van der Waals surface area contributed by atoms with Crippen LogP contribution >= 0.6 is 0 Å². The Balaban J connectivity index is 2.40. The minimum atomic E-state index is -1.94. The van der Waals surface area contributed by atoms with Crippen molar-refractivity contribution in [3.63, 3.8) is 0 Å². The molecule has 1 heterocycles. The van der Waals surface area contributed by atoms with E-state index in [1.807, 2.05) is 6.92 Å². The predicted molar refractivity (Wildman–Crippen MR) is 144 cm³/mol. The summed E-state index contributed by atoms with van der Waals surface area (Å²) >= 11 is 0. The Bertz CT molecular complexity index is 609. The van der Waals surface area contributed by atoms with Crippen LogP contribution in [0.4, 0.5) is 0 Å². The first-order valence-electron chi connectivity index (χ1n) is 14.8. The average Bonchev–Trinajstić information content (AvgIpc) is 2.92. The Morgan fingerprint density at radius 2 is 1.39 bits per heavy atom. The molecule has 226 valence electrons. The van der Waals surface area contributed by atoms with Crippen molar-refractivity contribution in [1.29, 1.82) is 0 Å². The van der Waals surface area contributed by atoms with Gasteiger partial charge in [0.05, 0.1) is 18.8 Å². The van der Waals surface area contributed by atoms with Crippen LogP contribution in [-0.2, 0) is 14.3 Å². The van der Waals surface area contributed by atoms with Crippen molar-refractivity contribution in [2.75, 3.05) is 13.2 Å². The van der Waals surface area contributed by atoms with Gasteiger partial charge >= 0.3 is 0 Å². The molecule has 9 atom stereocenters. The molecule has 10 heteroatoms. The first-order valence-corrected chi connectivity index (χ1v) is 14.8.